The zero-order chi connectivity index (χ0) is 31.1. The van der Waals surface area contributed by atoms with E-state index in [-0.39, 0.29) is 56.8 Å². The number of ether oxygens (including phenoxy) is 4. The topological polar surface area (TPSA) is 146 Å². The summed E-state index contributed by atoms with van der Waals surface area (Å²) in [7, 11) is 0. The minimum atomic E-state index is -0.692. The van der Waals surface area contributed by atoms with E-state index in [2.05, 4.69) is 0 Å². The molecule has 0 heterocycles. The highest BCUT2D eigenvalue weighted by molar-refractivity contribution is 5.94. The van der Waals surface area contributed by atoms with Gasteiger partial charge in [-0.1, -0.05) is 6.07 Å². The van der Waals surface area contributed by atoms with Gasteiger partial charge in [-0.15, -0.1) is 0 Å². The number of hydrogen-bond acceptors (Lipinski definition) is 10. The van der Waals surface area contributed by atoms with Crippen LogP contribution in [0.4, 0.5) is 0 Å². The third-order valence-corrected chi connectivity index (χ3v) is 6.03. The van der Waals surface area contributed by atoms with Gasteiger partial charge in [0.1, 0.15) is 34.5 Å². The van der Waals surface area contributed by atoms with Gasteiger partial charge >= 0.3 is 23.9 Å². The Labute approximate surface area is 250 Å². The average molecular weight is 591 g/mol. The van der Waals surface area contributed by atoms with E-state index in [4.69, 9.17) is 18.9 Å². The van der Waals surface area contributed by atoms with E-state index in [0.29, 0.717) is 0 Å². The fourth-order valence-corrected chi connectivity index (χ4v) is 3.78. The van der Waals surface area contributed by atoms with Crippen LogP contribution in [-0.4, -0.2) is 34.1 Å². The molecule has 10 nitrogen and oxygen atoms in total. The molecule has 5 aromatic carbocycles. The lowest BCUT2D eigenvalue weighted by molar-refractivity contribution is 0.0723. The summed E-state index contributed by atoms with van der Waals surface area (Å²) in [5, 5.41) is 18.7. The van der Waals surface area contributed by atoms with Gasteiger partial charge in [0.25, 0.3) is 0 Å². The first kappa shape index (κ1) is 29.1. The molecule has 0 aliphatic rings. The van der Waals surface area contributed by atoms with Gasteiger partial charge in [-0.05, 0) is 109 Å². The molecule has 0 aliphatic heterocycles. The van der Waals surface area contributed by atoms with Crippen molar-refractivity contribution < 1.29 is 48.3 Å². The quantitative estimate of drug-likeness (QED) is 0.164. The number of phenolic OH excluding ortho intramolecular Hbond substituents is 2. The molecule has 0 aliphatic carbocycles. The zero-order valence-electron chi connectivity index (χ0n) is 22.7. The van der Waals surface area contributed by atoms with Gasteiger partial charge in [0, 0.05) is 6.07 Å². The van der Waals surface area contributed by atoms with Gasteiger partial charge < -0.3 is 29.2 Å². The van der Waals surface area contributed by atoms with E-state index in [9.17, 15) is 29.4 Å². The second-order valence-corrected chi connectivity index (χ2v) is 9.18. The van der Waals surface area contributed by atoms with Crippen molar-refractivity contribution >= 4 is 23.9 Å². The van der Waals surface area contributed by atoms with E-state index in [1.807, 2.05) is 0 Å². The molecule has 5 rings (SSSR count). The normalized spacial score (nSPS) is 10.4. The van der Waals surface area contributed by atoms with Crippen LogP contribution in [0.2, 0.25) is 0 Å². The highest BCUT2D eigenvalue weighted by atomic mass is 16.6. The lowest BCUT2D eigenvalue weighted by Crippen LogP contribution is -2.11. The summed E-state index contributed by atoms with van der Waals surface area (Å²) in [5.74, 6) is -1.94. The molecule has 0 bridgehead atoms. The van der Waals surface area contributed by atoms with Crippen LogP contribution in [0.3, 0.4) is 0 Å². The summed E-state index contributed by atoms with van der Waals surface area (Å²) in [4.78, 5) is 49.8. The van der Waals surface area contributed by atoms with Crippen molar-refractivity contribution in [3.05, 3.63) is 144 Å². The van der Waals surface area contributed by atoms with Gasteiger partial charge in [-0.2, -0.15) is 0 Å². The molecule has 218 valence electrons. The van der Waals surface area contributed by atoms with Crippen LogP contribution in [-0.2, 0) is 0 Å². The number of hydrogen-bond donors (Lipinski definition) is 2. The first-order valence-corrected chi connectivity index (χ1v) is 13.0. The van der Waals surface area contributed by atoms with Crippen LogP contribution < -0.4 is 18.9 Å². The molecule has 0 aromatic heterocycles. The molecule has 5 aromatic rings. The molecule has 0 atom stereocenters. The Bertz CT molecular complexity index is 1680. The highest BCUT2D eigenvalue weighted by Crippen LogP contribution is 2.23. The lowest BCUT2D eigenvalue weighted by Gasteiger charge is -2.09. The minimum absolute atomic E-state index is 0.0212. The number of carbonyl (C=O) groups excluding carboxylic acids is 4. The summed E-state index contributed by atoms with van der Waals surface area (Å²) in [6, 6.07) is 28.6. The van der Waals surface area contributed by atoms with Crippen molar-refractivity contribution in [2.24, 2.45) is 0 Å². The molecule has 2 N–H and O–H groups in total. The maximum Gasteiger partial charge on any atom is 0.343 e. The molecule has 44 heavy (non-hydrogen) atoms. The SMILES string of the molecule is O=C(Oc1ccc(C(=O)Oc2cccc(OC(=O)c3ccc(OC(=O)c4ccc(O)cc4)cc3)c2)cc1)c1ccc(O)cc1. The van der Waals surface area contributed by atoms with Gasteiger partial charge in [0.2, 0.25) is 0 Å². The third kappa shape index (κ3) is 7.45. The molecule has 10 heteroatoms. The minimum Gasteiger partial charge on any atom is -0.508 e. The van der Waals surface area contributed by atoms with Crippen LogP contribution in [0.1, 0.15) is 41.4 Å². The first-order valence-electron chi connectivity index (χ1n) is 13.0. The van der Waals surface area contributed by atoms with Crippen molar-refractivity contribution in [2.45, 2.75) is 0 Å². The van der Waals surface area contributed by atoms with Crippen LogP contribution >= 0.6 is 0 Å². The van der Waals surface area contributed by atoms with Crippen LogP contribution in [0.15, 0.2) is 121 Å². The smallest absolute Gasteiger partial charge is 0.343 e. The van der Waals surface area contributed by atoms with E-state index in [1.165, 1.54) is 115 Å². The second kappa shape index (κ2) is 13.0. The predicted octanol–water partition coefficient (Wildman–Crippen LogP) is 5.97. The Balaban J connectivity index is 1.15. The molecular weight excluding hydrogens is 568 g/mol. The van der Waals surface area contributed by atoms with Crippen molar-refractivity contribution in [3.8, 4) is 34.5 Å². The Morgan fingerprint density at radius 3 is 0.955 bits per heavy atom. The predicted molar refractivity (Wildman–Crippen MR) is 155 cm³/mol. The number of aromatic hydroxyl groups is 2. The number of phenols is 2. The van der Waals surface area contributed by atoms with Gasteiger partial charge in [-0.25, -0.2) is 19.2 Å². The molecule has 0 radical (unpaired) electrons. The Morgan fingerprint density at radius 2 is 0.636 bits per heavy atom. The maximum atomic E-state index is 12.7. The summed E-state index contributed by atoms with van der Waals surface area (Å²) in [6.45, 7) is 0. The summed E-state index contributed by atoms with van der Waals surface area (Å²) in [6.07, 6.45) is 0. The molecular formula is C34H22O10. The fourth-order valence-electron chi connectivity index (χ4n) is 3.78. The van der Waals surface area contributed by atoms with Crippen molar-refractivity contribution in [1.29, 1.82) is 0 Å². The Morgan fingerprint density at radius 1 is 0.364 bits per heavy atom. The second-order valence-electron chi connectivity index (χ2n) is 9.18. The van der Waals surface area contributed by atoms with Gasteiger partial charge in [0.15, 0.2) is 0 Å². The zero-order valence-corrected chi connectivity index (χ0v) is 22.7. The molecule has 0 unspecified atom stereocenters. The molecule has 0 spiro atoms. The Kier molecular flexibility index (Phi) is 8.62. The lowest BCUT2D eigenvalue weighted by atomic mass is 10.2. The maximum absolute atomic E-state index is 12.7. The van der Waals surface area contributed by atoms with Crippen molar-refractivity contribution in [2.75, 3.05) is 0 Å². The first-order chi connectivity index (χ1) is 21.2. The van der Waals surface area contributed by atoms with Crippen LogP contribution in [0.5, 0.6) is 34.5 Å². The largest absolute Gasteiger partial charge is 0.508 e. The molecule has 0 saturated carbocycles. The number of esters is 4. The average Bonchev–Trinajstić information content (AvgIpc) is 3.02. The van der Waals surface area contributed by atoms with E-state index in [0.717, 1.165) is 0 Å². The van der Waals surface area contributed by atoms with E-state index >= 15 is 0 Å². The van der Waals surface area contributed by atoms with E-state index < -0.39 is 23.9 Å². The number of benzene rings is 5. The van der Waals surface area contributed by atoms with E-state index in [1.54, 1.807) is 6.07 Å². The summed E-state index contributed by atoms with van der Waals surface area (Å²) in [5.41, 5.74) is 0.860. The highest BCUT2D eigenvalue weighted by Gasteiger charge is 2.15. The number of rotatable bonds is 8. The molecule has 0 fully saturated rings. The van der Waals surface area contributed by atoms with Crippen molar-refractivity contribution in [3.63, 3.8) is 0 Å². The molecule has 0 amide bonds. The van der Waals surface area contributed by atoms with Crippen LogP contribution in [0.25, 0.3) is 0 Å². The van der Waals surface area contributed by atoms with Gasteiger partial charge in [-0.3, -0.25) is 0 Å². The Hall–Kier alpha value is -6.42. The standard InChI is InChI=1S/C34H22O10/c35-25-12-4-21(5-13-25)31(37)41-27-16-8-23(9-17-27)33(39)43-29-2-1-3-30(20-29)44-34(40)24-10-18-28(19-11-24)42-32(38)22-6-14-26(36)15-7-22/h1-20,35-36H. The van der Waals surface area contributed by atoms with Crippen LogP contribution in [0, 0.1) is 0 Å². The summed E-state index contributed by atoms with van der Waals surface area (Å²) < 4.78 is 21.4. The fraction of sp³-hybridized carbons (Fsp3) is 0. The monoisotopic (exact) mass is 590 g/mol. The molecule has 0 saturated heterocycles. The van der Waals surface area contributed by atoms with Gasteiger partial charge in [0.05, 0.1) is 22.3 Å². The summed E-state index contributed by atoms with van der Waals surface area (Å²) >= 11 is 0. The number of carbonyl (C=O) groups is 4. The van der Waals surface area contributed by atoms with Crippen molar-refractivity contribution in [1.82, 2.24) is 0 Å². The third-order valence-electron chi connectivity index (χ3n) is 6.03.